The molecule has 0 fully saturated rings. The Morgan fingerprint density at radius 1 is 0.941 bits per heavy atom. The maximum Gasteiger partial charge on any atom is 0.355 e. The minimum atomic E-state index is -0.803. The molecule has 0 unspecified atom stereocenters. The van der Waals surface area contributed by atoms with Gasteiger partial charge in [-0.05, 0) is 36.4 Å². The number of pyridine rings is 1. The van der Waals surface area contributed by atoms with Crippen molar-refractivity contribution in [3.8, 4) is 0 Å². The second-order valence-corrected chi connectivity index (χ2v) is 7.09. The Balaban J connectivity index is 1.61. The molecular weight excluding hydrogens is 468 g/mol. The lowest BCUT2D eigenvalue weighted by Gasteiger charge is -2.12. The molecule has 2 aromatic carbocycles. The van der Waals surface area contributed by atoms with E-state index in [1.807, 2.05) is 0 Å². The van der Waals surface area contributed by atoms with Gasteiger partial charge >= 0.3 is 5.69 Å². The molecule has 13 nitrogen and oxygen atoms in total. The highest BCUT2D eigenvalue weighted by atomic mass is 35.5. The number of fused-ring (bicyclic) bond motifs is 1. The summed E-state index contributed by atoms with van der Waals surface area (Å²) in [5, 5.41) is 26.3. The predicted octanol–water partition coefficient (Wildman–Crippen LogP) is 4.00. The zero-order valence-corrected chi connectivity index (χ0v) is 17.7. The molecule has 34 heavy (non-hydrogen) atoms. The van der Waals surface area contributed by atoms with Gasteiger partial charge < -0.3 is 5.32 Å². The molecule has 0 aliphatic carbocycles. The lowest BCUT2D eigenvalue weighted by molar-refractivity contribution is -0.384. The number of nitrogens with zero attached hydrogens (tertiary/aromatic N) is 5. The van der Waals surface area contributed by atoms with E-state index in [9.17, 15) is 25.0 Å². The first-order valence-corrected chi connectivity index (χ1v) is 9.83. The van der Waals surface area contributed by atoms with Crippen LogP contribution in [0.1, 0.15) is 10.4 Å². The summed E-state index contributed by atoms with van der Waals surface area (Å²) >= 11 is 5.75. The summed E-state index contributed by atoms with van der Waals surface area (Å²) in [6, 6.07) is 12.2. The molecule has 4 aromatic rings. The molecule has 2 aromatic heterocycles. The number of hydrogen-bond donors (Lipinski definition) is 3. The van der Waals surface area contributed by atoms with E-state index >= 15 is 0 Å². The Bertz CT molecular complexity index is 1440. The lowest BCUT2D eigenvalue weighted by Crippen LogP contribution is -2.30. The standard InChI is InChI=1S/C20H13ClN8O5/c21-13-7-6-11(9-16(13)28(31)32)20(30)27-26-19-17(29(33)34)18(23-10-24-19)25-15-5-1-4-14-12(15)3-2-8-22-14/h1-10H,(H,27,30)(H2,23,24,25,26). The van der Waals surface area contributed by atoms with Crippen LogP contribution < -0.4 is 16.2 Å². The highest BCUT2D eigenvalue weighted by Crippen LogP contribution is 2.33. The van der Waals surface area contributed by atoms with Gasteiger partial charge in [-0.1, -0.05) is 17.7 Å². The first kappa shape index (κ1) is 22.3. The van der Waals surface area contributed by atoms with E-state index in [-0.39, 0.29) is 22.2 Å². The second-order valence-electron chi connectivity index (χ2n) is 6.68. The van der Waals surface area contributed by atoms with Crippen molar-refractivity contribution >= 4 is 57.1 Å². The molecular formula is C20H13ClN8O5. The highest BCUT2D eigenvalue weighted by molar-refractivity contribution is 6.32. The van der Waals surface area contributed by atoms with Crippen LogP contribution in [-0.4, -0.2) is 30.7 Å². The third-order valence-electron chi connectivity index (χ3n) is 4.60. The molecule has 14 heteroatoms. The molecule has 0 radical (unpaired) electrons. The van der Waals surface area contributed by atoms with E-state index in [4.69, 9.17) is 11.6 Å². The first-order valence-electron chi connectivity index (χ1n) is 9.45. The van der Waals surface area contributed by atoms with E-state index < -0.39 is 27.1 Å². The summed E-state index contributed by atoms with van der Waals surface area (Å²) in [5.41, 5.74) is 4.71. The van der Waals surface area contributed by atoms with Gasteiger partial charge in [0.1, 0.15) is 11.3 Å². The summed E-state index contributed by atoms with van der Waals surface area (Å²) < 4.78 is 0. The number of hydrazine groups is 1. The smallest absolute Gasteiger partial charge is 0.334 e. The Labute approximate surface area is 195 Å². The number of halogens is 1. The number of nitrogens with one attached hydrogen (secondary N) is 3. The molecule has 4 rings (SSSR count). The first-order chi connectivity index (χ1) is 16.3. The van der Waals surface area contributed by atoms with Gasteiger partial charge in [0.15, 0.2) is 0 Å². The Morgan fingerprint density at radius 3 is 2.50 bits per heavy atom. The predicted molar refractivity (Wildman–Crippen MR) is 123 cm³/mol. The number of rotatable bonds is 7. The van der Waals surface area contributed by atoms with Crippen LogP contribution in [0.15, 0.2) is 61.1 Å². The summed E-state index contributed by atoms with van der Waals surface area (Å²) in [5.74, 6) is -1.24. The quantitative estimate of drug-likeness (QED) is 0.258. The third kappa shape index (κ3) is 4.49. The van der Waals surface area contributed by atoms with Crippen LogP contribution in [0.5, 0.6) is 0 Å². The van der Waals surface area contributed by atoms with Gasteiger partial charge in [-0.2, -0.15) is 0 Å². The number of benzene rings is 2. The summed E-state index contributed by atoms with van der Waals surface area (Å²) in [7, 11) is 0. The summed E-state index contributed by atoms with van der Waals surface area (Å²) in [6.07, 6.45) is 2.69. The van der Waals surface area contributed by atoms with Crippen molar-refractivity contribution in [1.29, 1.82) is 0 Å². The minimum absolute atomic E-state index is 0.0955. The van der Waals surface area contributed by atoms with Crippen LogP contribution in [0.25, 0.3) is 10.9 Å². The van der Waals surface area contributed by atoms with Crippen molar-refractivity contribution in [2.24, 2.45) is 0 Å². The number of nitro benzene ring substituents is 1. The van der Waals surface area contributed by atoms with E-state index in [2.05, 4.69) is 31.1 Å². The van der Waals surface area contributed by atoms with Crippen LogP contribution in [0.4, 0.5) is 28.7 Å². The Kier molecular flexibility index (Phi) is 6.09. The molecule has 0 saturated heterocycles. The van der Waals surface area contributed by atoms with Crippen molar-refractivity contribution in [1.82, 2.24) is 20.4 Å². The molecule has 0 aliphatic rings. The fraction of sp³-hybridized carbons (Fsp3) is 0. The van der Waals surface area contributed by atoms with E-state index in [0.717, 1.165) is 12.4 Å². The monoisotopic (exact) mass is 480 g/mol. The molecule has 0 aliphatic heterocycles. The number of carbonyl (C=O) groups is 1. The molecule has 2 heterocycles. The number of hydrogen-bond acceptors (Lipinski definition) is 10. The highest BCUT2D eigenvalue weighted by Gasteiger charge is 2.24. The molecule has 0 spiro atoms. The molecule has 3 N–H and O–H groups in total. The Morgan fingerprint density at radius 2 is 1.74 bits per heavy atom. The second kappa shape index (κ2) is 9.30. The van der Waals surface area contributed by atoms with Gasteiger partial charge in [0.2, 0.25) is 11.6 Å². The topological polar surface area (TPSA) is 178 Å². The van der Waals surface area contributed by atoms with Crippen molar-refractivity contribution in [2.45, 2.75) is 0 Å². The van der Waals surface area contributed by atoms with Gasteiger partial charge in [-0.3, -0.25) is 40.9 Å². The summed E-state index contributed by atoms with van der Waals surface area (Å²) in [6.45, 7) is 0. The van der Waals surface area contributed by atoms with Gasteiger partial charge in [0.05, 0.1) is 15.4 Å². The number of aromatic nitrogens is 3. The maximum atomic E-state index is 12.4. The average Bonchev–Trinajstić information content (AvgIpc) is 2.82. The van der Waals surface area contributed by atoms with Crippen molar-refractivity contribution in [3.05, 3.63) is 91.9 Å². The van der Waals surface area contributed by atoms with Gasteiger partial charge in [-0.15, -0.1) is 0 Å². The van der Waals surface area contributed by atoms with Crippen LogP contribution >= 0.6 is 11.6 Å². The molecule has 0 saturated carbocycles. The summed E-state index contributed by atoms with van der Waals surface area (Å²) in [4.78, 5) is 45.9. The number of carbonyl (C=O) groups excluding carboxylic acids is 1. The average molecular weight is 481 g/mol. The fourth-order valence-electron chi connectivity index (χ4n) is 3.06. The molecule has 1 amide bonds. The van der Waals surface area contributed by atoms with E-state index in [1.54, 1.807) is 36.5 Å². The van der Waals surface area contributed by atoms with E-state index in [0.29, 0.717) is 16.6 Å². The normalized spacial score (nSPS) is 10.5. The number of anilines is 3. The van der Waals surface area contributed by atoms with Crippen molar-refractivity contribution < 1.29 is 14.6 Å². The molecule has 0 bridgehead atoms. The minimum Gasteiger partial charge on any atom is -0.334 e. The van der Waals surface area contributed by atoms with Crippen LogP contribution in [0.3, 0.4) is 0 Å². The lowest BCUT2D eigenvalue weighted by atomic mass is 10.2. The Hall–Kier alpha value is -4.91. The number of nitro groups is 2. The van der Waals surface area contributed by atoms with E-state index in [1.165, 1.54) is 12.1 Å². The maximum absolute atomic E-state index is 12.4. The SMILES string of the molecule is O=C(NNc1ncnc(Nc2cccc3ncccc23)c1[N+](=O)[O-])c1ccc(Cl)c([N+](=O)[O-])c1. The van der Waals surface area contributed by atoms with Crippen molar-refractivity contribution in [2.75, 3.05) is 10.7 Å². The van der Waals surface area contributed by atoms with Crippen LogP contribution in [0, 0.1) is 20.2 Å². The third-order valence-corrected chi connectivity index (χ3v) is 4.92. The van der Waals surface area contributed by atoms with Crippen LogP contribution in [-0.2, 0) is 0 Å². The van der Waals surface area contributed by atoms with Crippen molar-refractivity contribution in [3.63, 3.8) is 0 Å². The van der Waals surface area contributed by atoms with Crippen LogP contribution in [0.2, 0.25) is 5.02 Å². The molecule has 170 valence electrons. The number of amides is 1. The molecule has 0 atom stereocenters. The van der Waals surface area contributed by atoms with Gasteiger partial charge in [0, 0.05) is 28.9 Å². The zero-order chi connectivity index (χ0) is 24.2. The zero-order valence-electron chi connectivity index (χ0n) is 16.9. The van der Waals surface area contributed by atoms with Gasteiger partial charge in [-0.25, -0.2) is 9.97 Å². The fourth-order valence-corrected chi connectivity index (χ4v) is 3.24. The largest absolute Gasteiger partial charge is 0.355 e. The van der Waals surface area contributed by atoms with Gasteiger partial charge in [0.25, 0.3) is 11.6 Å².